The van der Waals surface area contributed by atoms with E-state index in [9.17, 15) is 22.4 Å². The fourth-order valence-corrected chi connectivity index (χ4v) is 1.37. The van der Waals surface area contributed by atoms with Crippen molar-refractivity contribution in [3.05, 3.63) is 47.5 Å². The highest BCUT2D eigenvalue weighted by Crippen LogP contribution is 2.32. The van der Waals surface area contributed by atoms with Gasteiger partial charge in [0.2, 0.25) is 0 Å². The van der Waals surface area contributed by atoms with E-state index in [4.69, 9.17) is 0 Å². The van der Waals surface area contributed by atoms with E-state index in [1.54, 1.807) is 6.92 Å². The number of ether oxygens (including phenoxy) is 1. The van der Waals surface area contributed by atoms with Crippen LogP contribution in [0.5, 0.6) is 0 Å². The van der Waals surface area contributed by atoms with Crippen molar-refractivity contribution in [1.29, 1.82) is 0 Å². The van der Waals surface area contributed by atoms with Gasteiger partial charge in [0.05, 0.1) is 17.7 Å². The molecular formula is C13H12F4O2. The Morgan fingerprint density at radius 1 is 1.32 bits per heavy atom. The molecule has 6 heteroatoms. The molecule has 0 amide bonds. The molecule has 0 aliphatic heterocycles. The number of halogens is 4. The third-order valence-corrected chi connectivity index (χ3v) is 2.37. The molecule has 0 radical (unpaired) electrons. The number of benzene rings is 1. The smallest absolute Gasteiger partial charge is 0.416 e. The molecule has 2 nitrogen and oxygen atoms in total. The van der Waals surface area contributed by atoms with Gasteiger partial charge in [0, 0.05) is 0 Å². The summed E-state index contributed by atoms with van der Waals surface area (Å²) in [6.45, 7) is 4.87. The van der Waals surface area contributed by atoms with Crippen LogP contribution in [-0.4, -0.2) is 12.6 Å². The van der Waals surface area contributed by atoms with Crippen molar-refractivity contribution in [3.8, 4) is 0 Å². The molecule has 1 aromatic rings. The lowest BCUT2D eigenvalue weighted by atomic mass is 10.0. The molecule has 1 aromatic carbocycles. The topological polar surface area (TPSA) is 26.3 Å². The van der Waals surface area contributed by atoms with Gasteiger partial charge in [0.1, 0.15) is 0 Å². The molecule has 1 rings (SSSR count). The van der Waals surface area contributed by atoms with E-state index in [0.717, 1.165) is 24.3 Å². The molecule has 1 atom stereocenters. The largest absolute Gasteiger partial charge is 0.463 e. The molecular weight excluding hydrogens is 264 g/mol. The van der Waals surface area contributed by atoms with Crippen molar-refractivity contribution in [1.82, 2.24) is 0 Å². The predicted octanol–water partition coefficient (Wildman–Crippen LogP) is 3.84. The second kappa shape index (κ2) is 5.86. The summed E-state index contributed by atoms with van der Waals surface area (Å²) in [5.74, 6) is -0.908. The number of carbonyl (C=O) groups is 1. The minimum absolute atomic E-state index is 0.0670. The molecule has 0 aromatic heterocycles. The van der Waals surface area contributed by atoms with Crippen molar-refractivity contribution in [2.24, 2.45) is 0 Å². The van der Waals surface area contributed by atoms with Gasteiger partial charge in [-0.05, 0) is 24.6 Å². The first-order chi connectivity index (χ1) is 8.77. The molecule has 0 aliphatic carbocycles. The van der Waals surface area contributed by atoms with Crippen LogP contribution in [-0.2, 0) is 15.7 Å². The van der Waals surface area contributed by atoms with E-state index in [-0.39, 0.29) is 12.2 Å². The first kappa shape index (κ1) is 15.2. The summed E-state index contributed by atoms with van der Waals surface area (Å²) in [5.41, 5.74) is -1.40. The lowest BCUT2D eigenvalue weighted by Gasteiger charge is -2.12. The molecule has 0 aliphatic rings. The molecule has 0 spiro atoms. The maximum atomic E-state index is 13.8. The van der Waals surface area contributed by atoms with E-state index < -0.39 is 29.5 Å². The lowest BCUT2D eigenvalue weighted by Crippen LogP contribution is -2.11. The SMILES string of the molecule is C=C(C(=O)OCC)C(F)c1ccc(C(F)(F)F)cc1. The highest BCUT2D eigenvalue weighted by Gasteiger charge is 2.30. The zero-order chi connectivity index (χ0) is 14.6. The number of rotatable bonds is 4. The van der Waals surface area contributed by atoms with Gasteiger partial charge in [-0.1, -0.05) is 18.7 Å². The second-order valence-corrected chi connectivity index (χ2v) is 3.73. The molecule has 0 N–H and O–H groups in total. The third kappa shape index (κ3) is 3.81. The standard InChI is InChI=1S/C13H12F4O2/c1-3-19-12(18)8(2)11(14)9-4-6-10(7-5-9)13(15,16)17/h4-7,11H,2-3H2,1H3. The summed E-state index contributed by atoms with van der Waals surface area (Å²) < 4.78 is 55.4. The van der Waals surface area contributed by atoms with Gasteiger partial charge in [-0.15, -0.1) is 0 Å². The molecule has 0 fully saturated rings. The predicted molar refractivity (Wildman–Crippen MR) is 61.1 cm³/mol. The van der Waals surface area contributed by atoms with E-state index in [1.807, 2.05) is 0 Å². The molecule has 0 saturated heterocycles. The molecule has 104 valence electrons. The summed E-state index contributed by atoms with van der Waals surface area (Å²) in [6.07, 6.45) is -6.37. The maximum absolute atomic E-state index is 13.8. The average molecular weight is 276 g/mol. The van der Waals surface area contributed by atoms with E-state index in [0.29, 0.717) is 0 Å². The molecule has 19 heavy (non-hydrogen) atoms. The van der Waals surface area contributed by atoms with Gasteiger partial charge in [-0.2, -0.15) is 13.2 Å². The Morgan fingerprint density at radius 3 is 2.26 bits per heavy atom. The zero-order valence-electron chi connectivity index (χ0n) is 10.1. The van der Waals surface area contributed by atoms with Gasteiger partial charge in [-0.25, -0.2) is 9.18 Å². The summed E-state index contributed by atoms with van der Waals surface area (Å²) >= 11 is 0. The lowest BCUT2D eigenvalue weighted by molar-refractivity contribution is -0.139. The minimum atomic E-state index is -4.48. The van der Waals surface area contributed by atoms with Crippen LogP contribution in [0.1, 0.15) is 24.2 Å². The first-order valence-electron chi connectivity index (χ1n) is 5.44. The first-order valence-corrected chi connectivity index (χ1v) is 5.44. The van der Waals surface area contributed by atoms with Crippen LogP contribution in [0.25, 0.3) is 0 Å². The number of hydrogen-bond acceptors (Lipinski definition) is 2. The van der Waals surface area contributed by atoms with Gasteiger partial charge in [0.15, 0.2) is 6.17 Å². The van der Waals surface area contributed by atoms with Crippen molar-refractivity contribution >= 4 is 5.97 Å². The van der Waals surface area contributed by atoms with Crippen LogP contribution < -0.4 is 0 Å². The summed E-state index contributed by atoms with van der Waals surface area (Å²) in [6, 6.07) is 3.44. The quantitative estimate of drug-likeness (QED) is 0.474. The maximum Gasteiger partial charge on any atom is 0.416 e. The van der Waals surface area contributed by atoms with Gasteiger partial charge in [-0.3, -0.25) is 0 Å². The molecule has 0 saturated carbocycles. The average Bonchev–Trinajstić information content (AvgIpc) is 2.36. The van der Waals surface area contributed by atoms with Gasteiger partial charge in [0.25, 0.3) is 0 Å². The molecule has 0 bridgehead atoms. The van der Waals surface area contributed by atoms with Gasteiger partial charge < -0.3 is 4.74 Å². The Kier molecular flexibility index (Phi) is 4.69. The van der Waals surface area contributed by atoms with Crippen molar-refractivity contribution in [2.45, 2.75) is 19.3 Å². The van der Waals surface area contributed by atoms with Crippen LogP contribution in [0.3, 0.4) is 0 Å². The van der Waals surface area contributed by atoms with Crippen molar-refractivity contribution < 1.29 is 27.1 Å². The Hall–Kier alpha value is -1.85. The Morgan fingerprint density at radius 2 is 1.84 bits per heavy atom. The van der Waals surface area contributed by atoms with E-state index >= 15 is 0 Å². The summed E-state index contributed by atoms with van der Waals surface area (Å²) in [5, 5.41) is 0. The molecule has 0 heterocycles. The number of esters is 1. The summed E-state index contributed by atoms with van der Waals surface area (Å²) in [7, 11) is 0. The van der Waals surface area contributed by atoms with Crippen LogP contribution >= 0.6 is 0 Å². The Bertz CT molecular complexity index is 463. The fraction of sp³-hybridized carbons (Fsp3) is 0.308. The van der Waals surface area contributed by atoms with Gasteiger partial charge >= 0.3 is 12.1 Å². The monoisotopic (exact) mass is 276 g/mol. The molecule has 1 unspecified atom stereocenters. The van der Waals surface area contributed by atoms with Crippen LogP contribution in [0.2, 0.25) is 0 Å². The minimum Gasteiger partial charge on any atom is -0.463 e. The highest BCUT2D eigenvalue weighted by molar-refractivity contribution is 5.89. The number of carbonyl (C=O) groups excluding carboxylic acids is 1. The summed E-state index contributed by atoms with van der Waals surface area (Å²) in [4.78, 5) is 11.2. The van der Waals surface area contributed by atoms with Crippen molar-refractivity contribution in [2.75, 3.05) is 6.61 Å². The van der Waals surface area contributed by atoms with Crippen molar-refractivity contribution in [3.63, 3.8) is 0 Å². The van der Waals surface area contributed by atoms with Crippen LogP contribution in [0.15, 0.2) is 36.4 Å². The zero-order valence-corrected chi connectivity index (χ0v) is 10.1. The Balaban J connectivity index is 2.86. The fourth-order valence-electron chi connectivity index (χ4n) is 1.37. The second-order valence-electron chi connectivity index (χ2n) is 3.73. The van der Waals surface area contributed by atoms with Crippen LogP contribution in [0, 0.1) is 0 Å². The Labute approximate surface area is 107 Å². The number of hydrogen-bond donors (Lipinski definition) is 0. The normalized spacial score (nSPS) is 12.9. The van der Waals surface area contributed by atoms with Crippen LogP contribution in [0.4, 0.5) is 17.6 Å². The highest BCUT2D eigenvalue weighted by atomic mass is 19.4. The number of alkyl halides is 4. The van der Waals surface area contributed by atoms with E-state index in [2.05, 4.69) is 11.3 Å². The third-order valence-electron chi connectivity index (χ3n) is 2.37. The van der Waals surface area contributed by atoms with E-state index in [1.165, 1.54) is 0 Å².